The molecule has 1 aromatic carbocycles. The summed E-state index contributed by atoms with van der Waals surface area (Å²) >= 11 is 0. The number of carbonyl (C=O) groups is 2. The summed E-state index contributed by atoms with van der Waals surface area (Å²) in [7, 11) is 0. The van der Waals surface area contributed by atoms with Crippen LogP contribution in [-0.4, -0.2) is 39.1 Å². The van der Waals surface area contributed by atoms with E-state index in [1.54, 1.807) is 25.1 Å². The molecule has 2 fully saturated rings. The predicted molar refractivity (Wildman–Crippen MR) is 87.5 cm³/mol. The van der Waals surface area contributed by atoms with Crippen LogP contribution in [-0.2, 0) is 16.0 Å². The standard InChI is InChI=1S/C19H24O5/c1-10-3-4-12(20)7-11(10)8-14(21)18-13-5-6-16(23)19(13,2)17(24)9-15(18)22/h3-4,7,13-14,17-18,20-21,24H,5-6,8-9H2,1-2H3/t13-,14?,17+,18?,19-/m0/s1. The van der Waals surface area contributed by atoms with Gasteiger partial charge in [0.05, 0.1) is 17.6 Å². The molecule has 0 bridgehead atoms. The number of hydrogen-bond acceptors (Lipinski definition) is 5. The molecule has 0 saturated heterocycles. The van der Waals surface area contributed by atoms with Crippen molar-refractivity contribution in [3.8, 4) is 5.75 Å². The van der Waals surface area contributed by atoms with Gasteiger partial charge in [-0.25, -0.2) is 0 Å². The SMILES string of the molecule is Cc1ccc(O)cc1CC(O)C1C(=O)C[C@@H](O)[C@]2(C)C(=O)CC[C@@H]12. The molecule has 2 saturated carbocycles. The van der Waals surface area contributed by atoms with E-state index in [-0.39, 0.29) is 36.1 Å². The maximum absolute atomic E-state index is 12.5. The second kappa shape index (κ2) is 5.97. The Bertz CT molecular complexity index is 682. The van der Waals surface area contributed by atoms with Gasteiger partial charge in [-0.1, -0.05) is 6.07 Å². The first-order valence-corrected chi connectivity index (χ1v) is 8.45. The van der Waals surface area contributed by atoms with Crippen LogP contribution in [0.5, 0.6) is 5.75 Å². The van der Waals surface area contributed by atoms with Crippen LogP contribution in [0.25, 0.3) is 0 Å². The van der Waals surface area contributed by atoms with E-state index in [0.717, 1.165) is 11.1 Å². The molecule has 5 heteroatoms. The Balaban J connectivity index is 1.88. The molecule has 2 aliphatic carbocycles. The largest absolute Gasteiger partial charge is 0.508 e. The van der Waals surface area contributed by atoms with Gasteiger partial charge in [0.2, 0.25) is 0 Å². The molecular weight excluding hydrogens is 308 g/mol. The molecule has 2 unspecified atom stereocenters. The van der Waals surface area contributed by atoms with Crippen LogP contribution in [0.3, 0.4) is 0 Å². The van der Waals surface area contributed by atoms with Gasteiger partial charge in [0.1, 0.15) is 17.3 Å². The molecule has 0 amide bonds. The Morgan fingerprint density at radius 2 is 2.04 bits per heavy atom. The summed E-state index contributed by atoms with van der Waals surface area (Å²) in [5, 5.41) is 30.7. The van der Waals surface area contributed by atoms with E-state index in [1.165, 1.54) is 0 Å². The van der Waals surface area contributed by atoms with Gasteiger partial charge in [-0.15, -0.1) is 0 Å². The van der Waals surface area contributed by atoms with Crippen LogP contribution in [0.15, 0.2) is 18.2 Å². The summed E-state index contributed by atoms with van der Waals surface area (Å²) in [6.45, 7) is 3.61. The number of phenolic OH excluding ortho intramolecular Hbond substituents is 1. The number of aromatic hydroxyl groups is 1. The highest BCUT2D eigenvalue weighted by atomic mass is 16.3. The average Bonchev–Trinajstić information content (AvgIpc) is 2.81. The molecule has 5 nitrogen and oxygen atoms in total. The molecule has 2 aliphatic rings. The molecule has 130 valence electrons. The second-order valence-corrected chi connectivity index (χ2v) is 7.45. The van der Waals surface area contributed by atoms with Gasteiger partial charge < -0.3 is 15.3 Å². The lowest BCUT2D eigenvalue weighted by molar-refractivity contribution is -0.154. The Hall–Kier alpha value is -1.72. The van der Waals surface area contributed by atoms with Crippen molar-refractivity contribution in [1.82, 2.24) is 0 Å². The monoisotopic (exact) mass is 332 g/mol. The number of aryl methyl sites for hydroxylation is 1. The van der Waals surface area contributed by atoms with Gasteiger partial charge in [0, 0.05) is 18.8 Å². The number of carbonyl (C=O) groups excluding carboxylic acids is 2. The van der Waals surface area contributed by atoms with Crippen molar-refractivity contribution in [2.75, 3.05) is 0 Å². The molecule has 0 radical (unpaired) electrons. The Kier molecular flexibility index (Phi) is 4.26. The lowest BCUT2D eigenvalue weighted by Crippen LogP contribution is -2.54. The number of hydrogen-bond donors (Lipinski definition) is 3. The number of fused-ring (bicyclic) bond motifs is 1. The summed E-state index contributed by atoms with van der Waals surface area (Å²) in [4.78, 5) is 24.8. The average molecular weight is 332 g/mol. The van der Waals surface area contributed by atoms with Crippen molar-refractivity contribution in [1.29, 1.82) is 0 Å². The van der Waals surface area contributed by atoms with E-state index in [0.29, 0.717) is 12.8 Å². The lowest BCUT2D eigenvalue weighted by atomic mass is 9.60. The molecule has 0 heterocycles. The van der Waals surface area contributed by atoms with Gasteiger partial charge in [-0.05, 0) is 55.9 Å². The molecule has 0 aromatic heterocycles. The van der Waals surface area contributed by atoms with E-state index >= 15 is 0 Å². The Labute approximate surface area is 141 Å². The number of Topliss-reactive ketones (excluding diaryl/α,β-unsaturated/α-hetero) is 2. The quantitative estimate of drug-likeness (QED) is 0.780. The van der Waals surface area contributed by atoms with E-state index in [9.17, 15) is 24.9 Å². The van der Waals surface area contributed by atoms with Gasteiger partial charge >= 0.3 is 0 Å². The van der Waals surface area contributed by atoms with Crippen LogP contribution in [0, 0.1) is 24.2 Å². The topological polar surface area (TPSA) is 94.8 Å². The third-order valence-corrected chi connectivity index (χ3v) is 6.12. The highest BCUT2D eigenvalue weighted by Gasteiger charge is 2.59. The van der Waals surface area contributed by atoms with Gasteiger partial charge in [0.25, 0.3) is 0 Å². The molecule has 5 atom stereocenters. The van der Waals surface area contributed by atoms with Crippen molar-refractivity contribution < 1.29 is 24.9 Å². The number of phenols is 1. The first-order valence-electron chi connectivity index (χ1n) is 8.45. The van der Waals surface area contributed by atoms with Crippen molar-refractivity contribution in [3.63, 3.8) is 0 Å². The van der Waals surface area contributed by atoms with Crippen molar-refractivity contribution in [2.45, 2.75) is 51.7 Å². The van der Waals surface area contributed by atoms with E-state index in [2.05, 4.69) is 0 Å². The van der Waals surface area contributed by atoms with Crippen molar-refractivity contribution in [3.05, 3.63) is 29.3 Å². The molecule has 3 N–H and O–H groups in total. The normalized spacial score (nSPS) is 34.2. The molecule has 1 aromatic rings. The Morgan fingerprint density at radius 3 is 2.75 bits per heavy atom. The fraction of sp³-hybridized carbons (Fsp3) is 0.579. The van der Waals surface area contributed by atoms with Crippen LogP contribution in [0.2, 0.25) is 0 Å². The summed E-state index contributed by atoms with van der Waals surface area (Å²) in [5.74, 6) is -1.04. The summed E-state index contributed by atoms with van der Waals surface area (Å²) < 4.78 is 0. The third kappa shape index (κ3) is 2.56. The van der Waals surface area contributed by atoms with Gasteiger partial charge in [-0.2, -0.15) is 0 Å². The molecular formula is C19H24O5. The number of rotatable bonds is 3. The fourth-order valence-corrected chi connectivity index (χ4v) is 4.52. The summed E-state index contributed by atoms with van der Waals surface area (Å²) in [5.41, 5.74) is 0.779. The van der Waals surface area contributed by atoms with Crippen molar-refractivity contribution >= 4 is 11.6 Å². The number of benzene rings is 1. The predicted octanol–water partition coefficient (Wildman–Crippen LogP) is 1.54. The van der Waals surface area contributed by atoms with Crippen LogP contribution >= 0.6 is 0 Å². The second-order valence-electron chi connectivity index (χ2n) is 7.45. The van der Waals surface area contributed by atoms with E-state index < -0.39 is 23.5 Å². The maximum atomic E-state index is 12.5. The van der Waals surface area contributed by atoms with E-state index in [4.69, 9.17) is 0 Å². The molecule has 3 rings (SSSR count). The zero-order chi connectivity index (χ0) is 17.6. The number of aliphatic hydroxyl groups excluding tert-OH is 2. The summed E-state index contributed by atoms with van der Waals surface area (Å²) in [6, 6.07) is 4.95. The molecule has 24 heavy (non-hydrogen) atoms. The highest BCUT2D eigenvalue weighted by molar-refractivity contribution is 5.93. The van der Waals surface area contributed by atoms with Crippen LogP contribution in [0.1, 0.15) is 37.3 Å². The smallest absolute Gasteiger partial charge is 0.141 e. The third-order valence-electron chi connectivity index (χ3n) is 6.12. The number of ketones is 2. The Morgan fingerprint density at radius 1 is 1.33 bits per heavy atom. The molecule has 0 aliphatic heterocycles. The van der Waals surface area contributed by atoms with Crippen LogP contribution in [0.4, 0.5) is 0 Å². The minimum Gasteiger partial charge on any atom is -0.508 e. The van der Waals surface area contributed by atoms with Crippen molar-refractivity contribution in [2.24, 2.45) is 17.3 Å². The van der Waals surface area contributed by atoms with Crippen LogP contribution < -0.4 is 0 Å². The van der Waals surface area contributed by atoms with Gasteiger partial charge in [-0.3, -0.25) is 9.59 Å². The van der Waals surface area contributed by atoms with Gasteiger partial charge in [0.15, 0.2) is 0 Å². The first kappa shape index (κ1) is 17.1. The molecule has 0 spiro atoms. The fourth-order valence-electron chi connectivity index (χ4n) is 4.52. The minimum absolute atomic E-state index is 0.0155. The number of aliphatic hydroxyl groups is 2. The summed E-state index contributed by atoms with van der Waals surface area (Å²) in [6.07, 6.45) is -0.858. The lowest BCUT2D eigenvalue weighted by Gasteiger charge is -2.44. The maximum Gasteiger partial charge on any atom is 0.141 e. The highest BCUT2D eigenvalue weighted by Crippen LogP contribution is 2.52. The minimum atomic E-state index is -0.962. The van der Waals surface area contributed by atoms with E-state index in [1.807, 2.05) is 6.92 Å². The zero-order valence-corrected chi connectivity index (χ0v) is 14.0. The zero-order valence-electron chi connectivity index (χ0n) is 14.0. The first-order chi connectivity index (χ1) is 11.2.